The van der Waals surface area contributed by atoms with Gasteiger partial charge in [0.05, 0.1) is 4.90 Å². The van der Waals surface area contributed by atoms with E-state index in [0.29, 0.717) is 17.7 Å². The van der Waals surface area contributed by atoms with Crippen LogP contribution in [0.4, 0.5) is 10.1 Å². The molecule has 1 saturated heterocycles. The van der Waals surface area contributed by atoms with Crippen LogP contribution >= 0.6 is 0 Å². The number of carbonyl (C=O) groups excluding carboxylic acids is 1. The van der Waals surface area contributed by atoms with Crippen molar-refractivity contribution in [1.29, 1.82) is 0 Å². The normalized spacial score (nSPS) is 15.5. The van der Waals surface area contributed by atoms with Gasteiger partial charge >= 0.3 is 0 Å². The summed E-state index contributed by atoms with van der Waals surface area (Å²) in [5, 5.41) is 2.96. The molecule has 168 valence electrons. The van der Waals surface area contributed by atoms with Crippen molar-refractivity contribution < 1.29 is 17.6 Å². The third-order valence-electron chi connectivity index (χ3n) is 5.72. The van der Waals surface area contributed by atoms with Gasteiger partial charge in [0.15, 0.2) is 0 Å². The van der Waals surface area contributed by atoms with Crippen molar-refractivity contribution in [2.24, 2.45) is 0 Å². The number of piperidine rings is 1. The highest BCUT2D eigenvalue weighted by Crippen LogP contribution is 2.21. The minimum atomic E-state index is -3.97. The fraction of sp³-hybridized carbons (Fsp3) is 0.435. The maximum absolute atomic E-state index is 13.8. The molecule has 2 aromatic rings. The van der Waals surface area contributed by atoms with Crippen LogP contribution in [0.5, 0.6) is 0 Å². The van der Waals surface area contributed by atoms with E-state index in [9.17, 15) is 17.6 Å². The van der Waals surface area contributed by atoms with Crippen molar-refractivity contribution in [2.75, 3.05) is 24.4 Å². The van der Waals surface area contributed by atoms with Crippen LogP contribution in [0.2, 0.25) is 0 Å². The number of halogens is 1. The summed E-state index contributed by atoms with van der Waals surface area (Å²) in [5.41, 5.74) is 0.795. The van der Waals surface area contributed by atoms with Gasteiger partial charge in [-0.15, -0.1) is 0 Å². The zero-order chi connectivity index (χ0) is 22.6. The second-order valence-corrected chi connectivity index (χ2v) is 10.3. The van der Waals surface area contributed by atoms with Gasteiger partial charge in [0.1, 0.15) is 5.82 Å². The van der Waals surface area contributed by atoms with Crippen molar-refractivity contribution in [3.63, 3.8) is 0 Å². The first-order chi connectivity index (χ1) is 14.6. The van der Waals surface area contributed by atoms with Crippen molar-refractivity contribution in [3.8, 4) is 0 Å². The molecule has 2 N–H and O–H groups in total. The highest BCUT2D eigenvalue weighted by molar-refractivity contribution is 7.92. The standard InChI is InChI=1S/C23H30FN3O3S/c1-17-10-11-20(15-21(17)24)31(29,30)26-19-9-7-8-18(14-19)22(28)25-16-23(2,3)27-12-5-4-6-13-27/h7-11,14-15,26H,4-6,12-13,16H2,1-3H3,(H,25,28). The molecule has 1 aliphatic rings. The molecule has 1 aliphatic heterocycles. The smallest absolute Gasteiger partial charge is 0.261 e. The zero-order valence-corrected chi connectivity index (χ0v) is 19.1. The van der Waals surface area contributed by atoms with E-state index >= 15 is 0 Å². The molecular weight excluding hydrogens is 417 g/mol. The fourth-order valence-electron chi connectivity index (χ4n) is 3.69. The van der Waals surface area contributed by atoms with Crippen LogP contribution in [-0.2, 0) is 10.0 Å². The van der Waals surface area contributed by atoms with Crippen molar-refractivity contribution in [3.05, 3.63) is 59.4 Å². The molecule has 6 nitrogen and oxygen atoms in total. The number of nitrogens with one attached hydrogen (secondary N) is 2. The molecule has 2 aromatic carbocycles. The topological polar surface area (TPSA) is 78.5 Å². The predicted molar refractivity (Wildman–Crippen MR) is 120 cm³/mol. The Labute approximate surface area is 183 Å². The van der Waals surface area contributed by atoms with Crippen molar-refractivity contribution in [2.45, 2.75) is 50.5 Å². The highest BCUT2D eigenvalue weighted by Gasteiger charge is 2.28. The summed E-state index contributed by atoms with van der Waals surface area (Å²) in [6.45, 7) is 8.34. The highest BCUT2D eigenvalue weighted by atomic mass is 32.2. The lowest BCUT2D eigenvalue weighted by Crippen LogP contribution is -2.53. The summed E-state index contributed by atoms with van der Waals surface area (Å²) in [6, 6.07) is 10.0. The number of likely N-dealkylation sites (tertiary alicyclic amines) is 1. The van der Waals surface area contributed by atoms with Crippen LogP contribution in [0.25, 0.3) is 0 Å². The maximum Gasteiger partial charge on any atom is 0.261 e. The van der Waals surface area contributed by atoms with E-state index in [2.05, 4.69) is 28.8 Å². The molecule has 1 amide bonds. The molecule has 0 atom stereocenters. The van der Waals surface area contributed by atoms with Gasteiger partial charge < -0.3 is 5.32 Å². The van der Waals surface area contributed by atoms with E-state index in [1.807, 2.05) is 0 Å². The van der Waals surface area contributed by atoms with Gasteiger partial charge in [-0.25, -0.2) is 12.8 Å². The number of anilines is 1. The van der Waals surface area contributed by atoms with Crippen LogP contribution in [0.1, 0.15) is 49.0 Å². The average Bonchev–Trinajstić information content (AvgIpc) is 2.74. The summed E-state index contributed by atoms with van der Waals surface area (Å²) < 4.78 is 41.4. The Kier molecular flexibility index (Phi) is 7.01. The summed E-state index contributed by atoms with van der Waals surface area (Å²) in [4.78, 5) is 14.9. The van der Waals surface area contributed by atoms with Gasteiger partial charge in [0.2, 0.25) is 0 Å². The summed E-state index contributed by atoms with van der Waals surface area (Å²) >= 11 is 0. The molecule has 0 spiro atoms. The van der Waals surface area contributed by atoms with Gasteiger partial charge in [-0.2, -0.15) is 0 Å². The summed E-state index contributed by atoms with van der Waals surface area (Å²) in [7, 11) is -3.97. The molecule has 0 unspecified atom stereocenters. The molecule has 0 radical (unpaired) electrons. The molecule has 3 rings (SSSR count). The molecule has 0 saturated carbocycles. The Bertz CT molecular complexity index is 1050. The monoisotopic (exact) mass is 447 g/mol. The Morgan fingerprint density at radius 1 is 1.10 bits per heavy atom. The van der Waals surface area contributed by atoms with Crippen LogP contribution in [-0.4, -0.2) is 44.4 Å². The maximum atomic E-state index is 13.8. The van der Waals surface area contributed by atoms with Crippen molar-refractivity contribution >= 4 is 21.6 Å². The van der Waals surface area contributed by atoms with Gasteiger partial charge in [-0.1, -0.05) is 18.6 Å². The number of benzene rings is 2. The Balaban J connectivity index is 1.67. The van der Waals surface area contributed by atoms with E-state index in [-0.39, 0.29) is 22.0 Å². The first-order valence-electron chi connectivity index (χ1n) is 10.5. The van der Waals surface area contributed by atoms with Crippen molar-refractivity contribution in [1.82, 2.24) is 10.2 Å². The first-order valence-corrected chi connectivity index (χ1v) is 12.0. The third kappa shape index (κ3) is 5.83. The second-order valence-electron chi connectivity index (χ2n) is 8.64. The van der Waals surface area contributed by atoms with Crippen LogP contribution in [0.15, 0.2) is 47.4 Å². The average molecular weight is 448 g/mol. The largest absolute Gasteiger partial charge is 0.350 e. The van der Waals surface area contributed by atoms with E-state index in [4.69, 9.17) is 0 Å². The molecule has 8 heteroatoms. The van der Waals surface area contributed by atoms with E-state index in [1.165, 1.54) is 37.5 Å². The minimum absolute atomic E-state index is 0.162. The number of hydrogen-bond donors (Lipinski definition) is 2. The SMILES string of the molecule is Cc1ccc(S(=O)(=O)Nc2cccc(C(=O)NCC(C)(C)N3CCCCC3)c2)cc1F. The Morgan fingerprint density at radius 3 is 2.48 bits per heavy atom. The lowest BCUT2D eigenvalue weighted by atomic mass is 9.98. The van der Waals surface area contributed by atoms with Gasteiger partial charge in [-0.05, 0) is 82.6 Å². The molecule has 0 bridgehead atoms. The van der Waals surface area contributed by atoms with Crippen LogP contribution in [0, 0.1) is 12.7 Å². The van der Waals surface area contributed by atoms with Gasteiger partial charge in [0, 0.05) is 23.3 Å². The number of sulfonamides is 1. The molecule has 31 heavy (non-hydrogen) atoms. The number of aryl methyl sites for hydroxylation is 1. The van der Waals surface area contributed by atoms with Crippen LogP contribution < -0.4 is 10.0 Å². The fourth-order valence-corrected chi connectivity index (χ4v) is 4.75. The van der Waals surface area contributed by atoms with E-state index in [1.54, 1.807) is 25.1 Å². The summed E-state index contributed by atoms with van der Waals surface area (Å²) in [6.07, 6.45) is 3.59. The molecule has 0 aliphatic carbocycles. The van der Waals surface area contributed by atoms with Crippen LogP contribution in [0.3, 0.4) is 0 Å². The molecule has 1 heterocycles. The quantitative estimate of drug-likeness (QED) is 0.674. The number of carbonyl (C=O) groups is 1. The van der Waals surface area contributed by atoms with E-state index < -0.39 is 15.8 Å². The zero-order valence-electron chi connectivity index (χ0n) is 18.2. The number of hydrogen-bond acceptors (Lipinski definition) is 4. The Morgan fingerprint density at radius 2 is 1.81 bits per heavy atom. The van der Waals surface area contributed by atoms with E-state index in [0.717, 1.165) is 19.2 Å². The van der Waals surface area contributed by atoms with Gasteiger partial charge in [0.25, 0.3) is 15.9 Å². The third-order valence-corrected chi connectivity index (χ3v) is 7.10. The molecule has 0 aromatic heterocycles. The summed E-state index contributed by atoms with van der Waals surface area (Å²) in [5.74, 6) is -0.861. The number of rotatable bonds is 7. The first kappa shape index (κ1) is 23.2. The minimum Gasteiger partial charge on any atom is -0.350 e. The van der Waals surface area contributed by atoms with Gasteiger partial charge in [-0.3, -0.25) is 14.4 Å². The molecular formula is C23H30FN3O3S. The number of nitrogens with zero attached hydrogens (tertiary/aromatic N) is 1. The molecule has 1 fully saturated rings. The lowest BCUT2D eigenvalue weighted by Gasteiger charge is -2.41. The Hall–Kier alpha value is -2.45. The number of amides is 1. The second kappa shape index (κ2) is 9.36. The predicted octanol–water partition coefficient (Wildman–Crippen LogP) is 3.93. The lowest BCUT2D eigenvalue weighted by molar-refractivity contribution is 0.0797.